The Morgan fingerprint density at radius 3 is 2.18 bits per heavy atom. The molecule has 0 fully saturated rings. The molecule has 0 radical (unpaired) electrons. The van der Waals surface area contributed by atoms with E-state index in [2.05, 4.69) is 5.32 Å². The summed E-state index contributed by atoms with van der Waals surface area (Å²) in [5, 5.41) is 3.78. The Hall–Kier alpha value is -2.78. The molecule has 208 valence electrons. The number of rotatable bonds is 12. The molecule has 0 heterocycles. The van der Waals surface area contributed by atoms with Gasteiger partial charge < -0.3 is 10.2 Å². The molecule has 0 aliphatic heterocycles. The van der Waals surface area contributed by atoms with Crippen molar-refractivity contribution in [3.05, 3.63) is 93.4 Å². The normalized spacial score (nSPS) is 12.0. The van der Waals surface area contributed by atoms with E-state index in [4.69, 9.17) is 34.8 Å². The zero-order chi connectivity index (χ0) is 28.6. The summed E-state index contributed by atoms with van der Waals surface area (Å²) in [5.41, 5.74) is 0.651. The van der Waals surface area contributed by atoms with Crippen molar-refractivity contribution < 1.29 is 18.0 Å². The van der Waals surface area contributed by atoms with Gasteiger partial charge in [0, 0.05) is 33.7 Å². The van der Waals surface area contributed by atoms with E-state index < -0.39 is 28.5 Å². The molecule has 1 atom stereocenters. The zero-order valence-electron chi connectivity index (χ0n) is 21.6. The van der Waals surface area contributed by atoms with Gasteiger partial charge in [-0.1, -0.05) is 78.5 Å². The third-order valence-electron chi connectivity index (χ3n) is 6.09. The molecule has 1 N–H and O–H groups in total. The molecule has 3 aromatic carbocycles. The lowest BCUT2D eigenvalue weighted by Crippen LogP contribution is -2.51. The highest BCUT2D eigenvalue weighted by molar-refractivity contribution is 7.92. The Balaban J connectivity index is 2.03. The first-order valence-corrected chi connectivity index (χ1v) is 15.0. The Morgan fingerprint density at radius 2 is 1.56 bits per heavy atom. The van der Waals surface area contributed by atoms with Crippen LogP contribution in [0.4, 0.5) is 5.69 Å². The number of nitrogens with zero attached hydrogens (tertiary/aromatic N) is 2. The number of carbonyl (C=O) groups is 2. The smallest absolute Gasteiger partial charge is 0.264 e. The summed E-state index contributed by atoms with van der Waals surface area (Å²) in [6.07, 6.45) is 1.67. The third-order valence-corrected chi connectivity index (χ3v) is 8.82. The van der Waals surface area contributed by atoms with E-state index in [0.29, 0.717) is 27.2 Å². The molecule has 0 aromatic heterocycles. The van der Waals surface area contributed by atoms with Crippen molar-refractivity contribution in [2.75, 3.05) is 17.4 Å². The van der Waals surface area contributed by atoms with Gasteiger partial charge in [-0.3, -0.25) is 13.9 Å². The third kappa shape index (κ3) is 7.88. The average Bonchev–Trinajstić information content (AvgIpc) is 2.91. The molecular formula is C28H30Cl3N3O4S. The molecule has 39 heavy (non-hydrogen) atoms. The van der Waals surface area contributed by atoms with Crippen molar-refractivity contribution in [3.63, 3.8) is 0 Å². The Morgan fingerprint density at radius 1 is 0.923 bits per heavy atom. The van der Waals surface area contributed by atoms with Crippen LogP contribution in [0.1, 0.15) is 32.3 Å². The van der Waals surface area contributed by atoms with Crippen LogP contribution >= 0.6 is 34.8 Å². The summed E-state index contributed by atoms with van der Waals surface area (Å²) in [6.45, 7) is 3.34. The van der Waals surface area contributed by atoms with E-state index >= 15 is 0 Å². The molecule has 0 saturated heterocycles. The van der Waals surface area contributed by atoms with E-state index in [0.717, 1.165) is 17.1 Å². The molecule has 0 saturated carbocycles. The van der Waals surface area contributed by atoms with E-state index in [1.807, 2.05) is 6.92 Å². The van der Waals surface area contributed by atoms with Crippen molar-refractivity contribution in [2.45, 2.75) is 44.2 Å². The van der Waals surface area contributed by atoms with Crippen LogP contribution in [0.3, 0.4) is 0 Å². The minimum absolute atomic E-state index is 0.00355. The minimum Gasteiger partial charge on any atom is -0.354 e. The fourth-order valence-electron chi connectivity index (χ4n) is 3.85. The van der Waals surface area contributed by atoms with Gasteiger partial charge in [0.05, 0.1) is 10.6 Å². The fourth-order valence-corrected chi connectivity index (χ4v) is 5.98. The molecule has 0 aliphatic rings. The van der Waals surface area contributed by atoms with E-state index in [9.17, 15) is 18.0 Å². The van der Waals surface area contributed by atoms with E-state index in [1.54, 1.807) is 61.5 Å². The van der Waals surface area contributed by atoms with Gasteiger partial charge in [0.25, 0.3) is 10.0 Å². The van der Waals surface area contributed by atoms with Gasteiger partial charge in [-0.2, -0.15) is 0 Å². The first-order chi connectivity index (χ1) is 18.6. The first-order valence-electron chi connectivity index (χ1n) is 12.4. The number of sulfonamides is 1. The van der Waals surface area contributed by atoms with Crippen LogP contribution in [0.25, 0.3) is 0 Å². The molecule has 7 nitrogen and oxygen atoms in total. The van der Waals surface area contributed by atoms with Crippen LogP contribution < -0.4 is 9.62 Å². The van der Waals surface area contributed by atoms with Crippen LogP contribution in [-0.4, -0.2) is 44.3 Å². The predicted molar refractivity (Wildman–Crippen MR) is 157 cm³/mol. The maximum absolute atomic E-state index is 13.9. The van der Waals surface area contributed by atoms with Crippen molar-refractivity contribution in [1.29, 1.82) is 0 Å². The van der Waals surface area contributed by atoms with Crippen molar-refractivity contribution in [1.82, 2.24) is 10.2 Å². The fraction of sp³-hybridized carbons (Fsp3) is 0.286. The summed E-state index contributed by atoms with van der Waals surface area (Å²) in [6, 6.07) is 18.0. The molecule has 0 spiro atoms. The van der Waals surface area contributed by atoms with Gasteiger partial charge in [0.15, 0.2) is 0 Å². The number of amides is 2. The predicted octanol–water partition coefficient (Wildman–Crippen LogP) is 6.18. The summed E-state index contributed by atoms with van der Waals surface area (Å²) >= 11 is 19.0. The quantitative estimate of drug-likeness (QED) is 0.248. The van der Waals surface area contributed by atoms with Gasteiger partial charge in [0.2, 0.25) is 11.8 Å². The molecule has 3 aromatic rings. The second-order valence-electron chi connectivity index (χ2n) is 8.85. The van der Waals surface area contributed by atoms with Crippen LogP contribution in [0, 0.1) is 0 Å². The molecule has 0 aliphatic carbocycles. The summed E-state index contributed by atoms with van der Waals surface area (Å²) < 4.78 is 28.5. The Kier molecular flexibility index (Phi) is 11.1. The van der Waals surface area contributed by atoms with E-state index in [-0.39, 0.29) is 23.0 Å². The van der Waals surface area contributed by atoms with Crippen molar-refractivity contribution in [3.8, 4) is 0 Å². The summed E-state index contributed by atoms with van der Waals surface area (Å²) in [7, 11) is -4.18. The van der Waals surface area contributed by atoms with Gasteiger partial charge in [-0.25, -0.2) is 8.42 Å². The number of anilines is 1. The van der Waals surface area contributed by atoms with Crippen LogP contribution in [0.5, 0.6) is 0 Å². The number of hydrogen-bond donors (Lipinski definition) is 1. The number of nitrogens with one attached hydrogen (secondary N) is 1. The Bertz CT molecular complexity index is 1380. The highest BCUT2D eigenvalue weighted by Crippen LogP contribution is 2.29. The number of carbonyl (C=O) groups excluding carboxylic acids is 2. The molecular weight excluding hydrogens is 581 g/mol. The van der Waals surface area contributed by atoms with Gasteiger partial charge >= 0.3 is 0 Å². The molecule has 3 rings (SSSR count). The lowest BCUT2D eigenvalue weighted by atomic mass is 10.1. The average molecular weight is 611 g/mol. The second kappa shape index (κ2) is 14.0. The zero-order valence-corrected chi connectivity index (χ0v) is 24.7. The maximum atomic E-state index is 13.9. The van der Waals surface area contributed by atoms with Crippen LogP contribution in [0.15, 0.2) is 77.7 Å². The number of hydrogen-bond acceptors (Lipinski definition) is 4. The topological polar surface area (TPSA) is 86.8 Å². The number of unbranched alkanes of at least 4 members (excludes halogenated alkanes) is 1. The monoisotopic (exact) mass is 609 g/mol. The van der Waals surface area contributed by atoms with Gasteiger partial charge in [-0.15, -0.1) is 0 Å². The molecule has 2 amide bonds. The SMILES string of the molecule is CCCCNC(=O)[C@@H](C)N(Cc1c(Cl)cccc1Cl)C(=O)CN(c1cccc(Cl)c1)S(=O)(=O)c1ccccc1. The van der Waals surface area contributed by atoms with Crippen LogP contribution in [0.2, 0.25) is 15.1 Å². The van der Waals surface area contributed by atoms with Crippen molar-refractivity contribution in [2.24, 2.45) is 0 Å². The van der Waals surface area contributed by atoms with Gasteiger partial charge in [-0.05, 0) is 55.8 Å². The lowest BCUT2D eigenvalue weighted by Gasteiger charge is -2.32. The van der Waals surface area contributed by atoms with E-state index in [1.165, 1.54) is 23.1 Å². The lowest BCUT2D eigenvalue weighted by molar-refractivity contribution is -0.139. The first kappa shape index (κ1) is 30.8. The van der Waals surface area contributed by atoms with Gasteiger partial charge in [0.1, 0.15) is 12.6 Å². The van der Waals surface area contributed by atoms with Crippen molar-refractivity contribution >= 4 is 62.3 Å². The second-order valence-corrected chi connectivity index (χ2v) is 12.0. The standard InChI is InChI=1S/C28H30Cl3N3O4S/c1-3-4-16-32-28(36)20(2)33(18-24-25(30)14-9-15-26(24)31)27(35)19-34(22-11-8-10-21(29)17-22)39(37,38)23-12-6-5-7-13-23/h5-15,17,20H,3-4,16,18-19H2,1-2H3,(H,32,36)/t20-/m1/s1. The number of benzene rings is 3. The maximum Gasteiger partial charge on any atom is 0.264 e. The molecule has 11 heteroatoms. The Labute approximate surface area is 244 Å². The molecule has 0 bridgehead atoms. The largest absolute Gasteiger partial charge is 0.354 e. The highest BCUT2D eigenvalue weighted by Gasteiger charge is 2.33. The van der Waals surface area contributed by atoms with Crippen LogP contribution in [-0.2, 0) is 26.2 Å². The molecule has 0 unspecified atom stereocenters. The highest BCUT2D eigenvalue weighted by atomic mass is 35.5. The summed E-state index contributed by atoms with van der Waals surface area (Å²) in [5.74, 6) is -0.996. The minimum atomic E-state index is -4.18. The summed E-state index contributed by atoms with van der Waals surface area (Å²) in [4.78, 5) is 28.2. The number of halogens is 3.